The number of hydroxylamine groups is 1. The van der Waals surface area contributed by atoms with Gasteiger partial charge in [0.25, 0.3) is 0 Å². The number of nitriles is 4. The van der Waals surface area contributed by atoms with Gasteiger partial charge in [0, 0.05) is 176 Å². The summed E-state index contributed by atoms with van der Waals surface area (Å²) in [6.45, 7) is 25.8. The van der Waals surface area contributed by atoms with Gasteiger partial charge in [-0.25, -0.2) is 5.48 Å². The molecule has 8 heterocycles. The van der Waals surface area contributed by atoms with Crippen molar-refractivity contribution in [2.45, 2.75) is 245 Å². The van der Waals surface area contributed by atoms with Crippen LogP contribution in [0.3, 0.4) is 0 Å². The van der Waals surface area contributed by atoms with E-state index in [2.05, 4.69) is 223 Å². The lowest BCUT2D eigenvalue weighted by Gasteiger charge is -2.49. The van der Waals surface area contributed by atoms with Gasteiger partial charge in [0.05, 0.1) is 58.5 Å². The van der Waals surface area contributed by atoms with Crippen molar-refractivity contribution in [1.82, 2.24) is 74.5 Å². The highest BCUT2D eigenvalue weighted by Gasteiger charge is 2.59. The molecule has 2 N–H and O–H groups in total. The molecular weight excluding hydrogens is 1970 g/mol. The maximum atomic E-state index is 12.3. The number of carbonyl (C=O) groups is 4. The van der Waals surface area contributed by atoms with Crippen molar-refractivity contribution in [2.24, 2.45) is 113 Å². The zero-order chi connectivity index (χ0) is 93.5. The molecule has 26 nitrogen and oxygen atoms in total. The fourth-order valence-electron chi connectivity index (χ4n) is 25.6. The molecule has 12 aliphatic rings. The van der Waals surface area contributed by atoms with Crippen molar-refractivity contribution >= 4 is 119 Å². The van der Waals surface area contributed by atoms with Crippen LogP contribution in [0.4, 0.5) is 0 Å². The molecule has 8 aromatic rings. The second-order valence-corrected chi connectivity index (χ2v) is 42.4. The highest BCUT2D eigenvalue weighted by molar-refractivity contribution is 9.11. The van der Waals surface area contributed by atoms with E-state index in [-0.39, 0.29) is 96.7 Å². The molecule has 125 heavy (non-hydrogen) atoms. The molecule has 20 atom stereocenters. The largest absolute Gasteiger partial charge is 0.361 e. The maximum Gasteiger partial charge on any atom is 0.176 e. The Labute approximate surface area is 787 Å². The van der Waals surface area contributed by atoms with E-state index >= 15 is 0 Å². The van der Waals surface area contributed by atoms with Crippen molar-refractivity contribution in [3.05, 3.63) is 154 Å². The number of ketones is 4. The van der Waals surface area contributed by atoms with Crippen molar-refractivity contribution in [3.63, 3.8) is 0 Å². The molecule has 12 aliphatic carbocycles. The summed E-state index contributed by atoms with van der Waals surface area (Å²) >= 11 is 21.6. The Kier molecular flexibility index (Phi) is 27.1. The van der Waals surface area contributed by atoms with Crippen LogP contribution in [-0.4, -0.2) is 104 Å². The van der Waals surface area contributed by atoms with Gasteiger partial charge in [0.2, 0.25) is 0 Å². The summed E-state index contributed by atoms with van der Waals surface area (Å²) in [7, 11) is 15.7. The van der Waals surface area contributed by atoms with Crippen LogP contribution in [0.25, 0.3) is 0 Å². The summed E-state index contributed by atoms with van der Waals surface area (Å²) in [5, 5.41) is 80.1. The molecule has 0 aromatic carbocycles. The van der Waals surface area contributed by atoms with E-state index in [9.17, 15) is 40.2 Å². The molecule has 2 unspecified atom stereocenters. The number of rotatable bonds is 0. The Bertz CT molecular complexity index is 5830. The number of halogens is 6. The molecule has 2 saturated carbocycles. The van der Waals surface area contributed by atoms with Gasteiger partial charge in [-0.15, -0.1) is 0 Å². The molecule has 32 heteroatoms. The van der Waals surface area contributed by atoms with Crippen LogP contribution in [0.15, 0.2) is 72.4 Å². The topological polar surface area (TPSA) is 355 Å². The van der Waals surface area contributed by atoms with Crippen LogP contribution < -0.4 is 5.48 Å². The van der Waals surface area contributed by atoms with Crippen LogP contribution in [0.1, 0.15) is 254 Å². The van der Waals surface area contributed by atoms with Gasteiger partial charge in [0.1, 0.15) is 63.1 Å². The Morgan fingerprint density at radius 2 is 0.744 bits per heavy atom. The molecule has 0 bridgehead atoms. The average Bonchev–Trinajstić information content (AvgIpc) is 1.64. The fraction of sp³-hybridized carbons (Fsp3) is 0.613. The third-order valence-corrected chi connectivity index (χ3v) is 36.2. The molecule has 20 rings (SSSR count). The molecule has 2 fully saturated rings. The third-order valence-electron chi connectivity index (χ3n) is 31.3. The lowest BCUT2D eigenvalue weighted by molar-refractivity contribution is -0.132. The lowest BCUT2D eigenvalue weighted by Crippen LogP contribution is -2.50. The quantitative estimate of drug-likeness (QED) is 0.133. The van der Waals surface area contributed by atoms with Gasteiger partial charge < -0.3 is 14.3 Å². The average molecular weight is 2100 g/mol. The van der Waals surface area contributed by atoms with Gasteiger partial charge >= 0.3 is 0 Å². The minimum absolute atomic E-state index is 0.0142. The Hall–Kier alpha value is -7.40. The minimum atomic E-state index is -0.488. The predicted octanol–water partition coefficient (Wildman–Crippen LogP) is 18.4. The first kappa shape index (κ1) is 93.7. The number of hydrogen-bond acceptors (Lipinski definition) is 20. The summed E-state index contributed by atoms with van der Waals surface area (Å²) in [4.78, 5) is 49.0. The Morgan fingerprint density at radius 1 is 0.432 bits per heavy atom. The number of carbonyl (C=O) groups excluding carboxylic acids is 4. The second kappa shape index (κ2) is 36.2. The van der Waals surface area contributed by atoms with E-state index in [4.69, 9.17) is 22.1 Å². The van der Waals surface area contributed by atoms with E-state index in [0.717, 1.165) is 133 Å². The monoisotopic (exact) mass is 2090 g/mol. The highest BCUT2D eigenvalue weighted by atomic mass is 79.9. The van der Waals surface area contributed by atoms with E-state index in [1.807, 2.05) is 111 Å². The zero-order valence-electron chi connectivity index (χ0n) is 77.4. The number of fused-ring (bicyclic) bond motifs is 20. The first-order chi connectivity index (χ1) is 60.0. The number of nitrogens with zero attached hydrogens (tertiary/aromatic N) is 18. The van der Waals surface area contributed by atoms with Crippen molar-refractivity contribution in [3.8, 4) is 24.3 Å². The summed E-state index contributed by atoms with van der Waals surface area (Å²) in [6.07, 6.45) is 23.0. The molecule has 0 spiro atoms. The Balaban J connectivity index is 0.000000136. The smallest absolute Gasteiger partial charge is 0.176 e. The molecule has 0 saturated heterocycles. The van der Waals surface area contributed by atoms with Crippen LogP contribution in [0.5, 0.6) is 0 Å². The second-order valence-electron chi connectivity index (χ2n) is 37.9. The number of hydrogen-bond donors (Lipinski definition) is 2. The van der Waals surface area contributed by atoms with Gasteiger partial charge in [-0.2, -0.15) is 51.6 Å². The van der Waals surface area contributed by atoms with Crippen molar-refractivity contribution < 1.29 is 36.2 Å². The number of aryl methyl sites for hydroxylation is 6. The van der Waals surface area contributed by atoms with E-state index < -0.39 is 11.8 Å². The lowest BCUT2D eigenvalue weighted by atomic mass is 9.54. The van der Waals surface area contributed by atoms with E-state index in [0.29, 0.717) is 53.9 Å². The van der Waals surface area contributed by atoms with Gasteiger partial charge in [-0.1, -0.05) is 120 Å². The first-order valence-electron chi connectivity index (χ1n) is 44.7. The highest BCUT2D eigenvalue weighted by Crippen LogP contribution is 2.60. The van der Waals surface area contributed by atoms with Crippen molar-refractivity contribution in [2.75, 3.05) is 7.05 Å². The SMILES string of the molecule is CNO.C[C@@H]1C(=O)C(C#N)=C[C@]2(C)c3c(c(Br)nn3C)CC[C@@H]12.C[C@@H]1C(=O)C(C#N)=C[C@]2(C)c3nn(C)c(Br)c3CC[C@@H]12.C[C@@H]1C(=O)C(C#N)C[C@]2(C)c3c(c(Br)nn3C)CC[C@@H]12.C[C@@H]1C(=O)C(C#N)C[C@]2(C)c3nn(C)c(Br)c3CC[C@@H]12.C[C@@H]1c2oncc2C[C@]2(C)c3c(c(Br)nn3C)CC[C@@H]12.C[C@@H]1c2oncc2C[C@]2(C)c3nn(C)c(Br)c3CC[C@@H]12.[3H]C.[3H]C. The molecule has 0 radical (unpaired) electrons. The van der Waals surface area contributed by atoms with Crippen LogP contribution in [0, 0.1) is 116 Å². The summed E-state index contributed by atoms with van der Waals surface area (Å²) in [5.41, 5.74) is 18.9. The number of nitrogens with one attached hydrogen (secondary N) is 1. The van der Waals surface area contributed by atoms with Crippen LogP contribution in [-0.2, 0) is 145 Å². The van der Waals surface area contributed by atoms with E-state index in [1.165, 1.54) is 96.3 Å². The number of aromatic nitrogens is 14. The standard InChI is InChI=1S/3C15H18BrN3O.C15H16BrN3O.C15H18BrN3O.C15H16BrN3O.CH5NO.2CH4/c1-8-11-5-4-10-13(19(3)18-14(10)16)15(11,2)6-9-7-17-20-12(8)9;1-8-11-5-4-10-13(18-19(3)14(10)16)15(11,2)6-9-7-17-20-12(8)9;2*1-8-11-5-4-10-13(19(3)18-14(10)16)15(11,2)6-9(7-17)12(8)20;2*1-8-11-5-4-10-13(18-19(3)14(10)16)15(11,2)6-9(7-17)12(8)20;1-2-3;;/h2*7-8,11H,4-6H2,1-3H3;8-9,11H,4-6H2,1-3H3;6,8,11H,4-5H2,1-3H3;8-9,11H,4-6H2,1-3H3;6,8,11H,4-5H2,1-3H3;2-3H,1H3;2*1H4/t2*8-,11-,15-;8-,9?,11-,15-;8-,11-,15-;8-,9?,11-,15-;8-,11-,15-;;;/m000000.../s1/i;;;;;;;2*1T. The predicted molar refractivity (Wildman–Crippen MR) is 493 cm³/mol. The molecule has 0 aliphatic heterocycles. The van der Waals surface area contributed by atoms with E-state index in [1.54, 1.807) is 5.48 Å². The van der Waals surface area contributed by atoms with Crippen LogP contribution in [0.2, 0.25) is 0 Å². The molecule has 8 aromatic heterocycles. The van der Waals surface area contributed by atoms with Crippen molar-refractivity contribution in [1.29, 1.82) is 21.0 Å². The Morgan fingerprint density at radius 3 is 1.16 bits per heavy atom. The van der Waals surface area contributed by atoms with Gasteiger partial charge in [-0.3, -0.25) is 47.3 Å². The summed E-state index contributed by atoms with van der Waals surface area (Å²) in [6, 6.07) is 8.54. The molecule has 0 amide bonds. The molecular formula is C93H117Br6N19O7. The zero-order valence-corrected chi connectivity index (χ0v) is 84.9. The fourth-order valence-corrected chi connectivity index (χ4v) is 28.8. The summed E-state index contributed by atoms with van der Waals surface area (Å²) < 4.78 is 40.0. The van der Waals surface area contributed by atoms with Gasteiger partial charge in [0.15, 0.2) is 23.1 Å². The normalized spacial score (nSPS) is 32.2. The first-order valence-corrected chi connectivity index (χ1v) is 47.5. The van der Waals surface area contributed by atoms with Crippen LogP contribution >= 0.6 is 95.6 Å². The number of Topliss-reactive ketones (excluding diaryl/α,β-unsaturated/α-hetero) is 4. The minimum Gasteiger partial charge on any atom is -0.361 e. The third kappa shape index (κ3) is 15.7. The number of allylic oxidation sites excluding steroid dienone is 4. The maximum absolute atomic E-state index is 12.3. The summed E-state index contributed by atoms with van der Waals surface area (Å²) in [5.74, 6) is 4.20. The van der Waals surface area contributed by atoms with Gasteiger partial charge in [-0.05, 0) is 234 Å². The molecule has 668 valence electrons.